The van der Waals surface area contributed by atoms with Crippen molar-refractivity contribution in [2.45, 2.75) is 18.0 Å². The largest absolute Gasteiger partial charge is 0.399 e. The molecule has 2 aliphatic rings. The second kappa shape index (κ2) is 6.11. The first-order chi connectivity index (χ1) is 10.7. The van der Waals surface area contributed by atoms with Gasteiger partial charge in [-0.25, -0.2) is 0 Å². The fourth-order valence-electron chi connectivity index (χ4n) is 2.89. The zero-order valence-corrected chi connectivity index (χ0v) is 13.9. The van der Waals surface area contributed by atoms with E-state index in [2.05, 4.69) is 5.32 Å². The van der Waals surface area contributed by atoms with Crippen molar-refractivity contribution in [3.8, 4) is 0 Å². The summed E-state index contributed by atoms with van der Waals surface area (Å²) in [5, 5.41) is 2.76. The van der Waals surface area contributed by atoms with Crippen molar-refractivity contribution in [2.24, 2.45) is 5.92 Å². The van der Waals surface area contributed by atoms with Crippen LogP contribution in [0.25, 0.3) is 0 Å². The van der Waals surface area contributed by atoms with Gasteiger partial charge in [0.05, 0.1) is 30.6 Å². The lowest BCUT2D eigenvalue weighted by atomic mass is 9.76. The Labute approximate surface area is 145 Å². The average Bonchev–Trinajstić information content (AvgIpc) is 3.03. The van der Waals surface area contributed by atoms with E-state index in [4.69, 9.17) is 27.4 Å². The topological polar surface area (TPSA) is 38.3 Å². The summed E-state index contributed by atoms with van der Waals surface area (Å²) in [6.45, 7) is -0.285. The summed E-state index contributed by atoms with van der Waals surface area (Å²) in [7, 11) is 0. The van der Waals surface area contributed by atoms with Gasteiger partial charge in [-0.15, -0.1) is 0 Å². The standard InChI is InChI=1S/C14H11Cl2F3NO2S/c15-8-1-7(2-9(16)3-8)13(14(17,18)19)4-11(20-6-13)10-5-22-23-12(10)21/h1-3,10,20H,4-6H2. The zero-order chi connectivity index (χ0) is 16.8. The summed E-state index contributed by atoms with van der Waals surface area (Å²) >= 11 is 12.4. The third-order valence-corrected chi connectivity index (χ3v) is 5.29. The van der Waals surface area contributed by atoms with E-state index in [-0.39, 0.29) is 40.3 Å². The van der Waals surface area contributed by atoms with Gasteiger partial charge in [0, 0.05) is 16.6 Å². The number of nitrogens with one attached hydrogen (secondary N) is 1. The number of hydrogen-bond donors (Lipinski definition) is 1. The fraction of sp³-hybridized carbons (Fsp3) is 0.429. The second-order valence-corrected chi connectivity index (χ2v) is 7.21. The highest BCUT2D eigenvalue weighted by Crippen LogP contribution is 2.51. The van der Waals surface area contributed by atoms with Crippen molar-refractivity contribution in [3.05, 3.63) is 39.8 Å². The van der Waals surface area contributed by atoms with Gasteiger partial charge in [0.2, 0.25) is 5.12 Å². The molecular weight excluding hydrogens is 374 g/mol. The summed E-state index contributed by atoms with van der Waals surface area (Å²) in [4.78, 5) is 11.7. The van der Waals surface area contributed by atoms with Gasteiger partial charge >= 0.3 is 6.18 Å². The van der Waals surface area contributed by atoms with Crippen LogP contribution in [0.4, 0.5) is 13.2 Å². The van der Waals surface area contributed by atoms with Gasteiger partial charge in [0.25, 0.3) is 0 Å². The SMILES string of the molecule is O=C1SOCC1[C]1CC(c2cc(Cl)cc(Cl)c2)(C(F)(F)F)CN1. The molecule has 125 valence electrons. The van der Waals surface area contributed by atoms with Crippen LogP contribution in [0.3, 0.4) is 0 Å². The van der Waals surface area contributed by atoms with E-state index in [0.717, 1.165) is 0 Å². The number of alkyl halides is 3. The Hall–Kier alpha value is -0.470. The molecule has 3 rings (SSSR count). The summed E-state index contributed by atoms with van der Waals surface area (Å²) in [6, 6.07) is 4.27. The summed E-state index contributed by atoms with van der Waals surface area (Å²) in [6.07, 6.45) is -4.86. The molecule has 2 fully saturated rings. The first-order valence-corrected chi connectivity index (χ1v) is 8.19. The van der Waals surface area contributed by atoms with Crippen molar-refractivity contribution < 1.29 is 22.1 Å². The van der Waals surface area contributed by atoms with E-state index in [1.54, 1.807) is 0 Å². The molecule has 2 atom stereocenters. The molecule has 1 aromatic carbocycles. The molecular formula is C14H11Cl2F3NO2S. The first kappa shape index (κ1) is 17.4. The van der Waals surface area contributed by atoms with Crippen LogP contribution < -0.4 is 5.32 Å². The highest BCUT2D eigenvalue weighted by atomic mass is 35.5. The van der Waals surface area contributed by atoms with Gasteiger partial charge in [-0.1, -0.05) is 23.2 Å². The van der Waals surface area contributed by atoms with Crippen LogP contribution >= 0.6 is 35.2 Å². The van der Waals surface area contributed by atoms with Gasteiger partial charge in [0.1, 0.15) is 5.41 Å². The Bertz CT molecular complexity index is 623. The van der Waals surface area contributed by atoms with Crippen LogP contribution in [0.5, 0.6) is 0 Å². The van der Waals surface area contributed by atoms with E-state index < -0.39 is 17.5 Å². The predicted octanol–water partition coefficient (Wildman–Crippen LogP) is 4.14. The molecule has 3 nitrogen and oxygen atoms in total. The normalized spacial score (nSPS) is 29.4. The Balaban J connectivity index is 1.98. The molecule has 0 saturated carbocycles. The maximum Gasteiger partial charge on any atom is 0.399 e. The Morgan fingerprint density at radius 3 is 2.43 bits per heavy atom. The molecule has 2 aliphatic heterocycles. The highest BCUT2D eigenvalue weighted by Gasteiger charge is 2.61. The zero-order valence-electron chi connectivity index (χ0n) is 11.5. The van der Waals surface area contributed by atoms with Crippen LogP contribution in [0, 0.1) is 12.0 Å². The second-order valence-electron chi connectivity index (χ2n) is 5.53. The third kappa shape index (κ3) is 3.09. The summed E-state index contributed by atoms with van der Waals surface area (Å²) in [5.41, 5.74) is -2.17. The van der Waals surface area contributed by atoms with E-state index in [0.29, 0.717) is 18.1 Å². The lowest BCUT2D eigenvalue weighted by Gasteiger charge is -2.32. The van der Waals surface area contributed by atoms with E-state index in [9.17, 15) is 18.0 Å². The van der Waals surface area contributed by atoms with Gasteiger partial charge in [0.15, 0.2) is 0 Å². The van der Waals surface area contributed by atoms with Crippen molar-refractivity contribution in [1.29, 1.82) is 0 Å². The smallest absolute Gasteiger partial charge is 0.308 e. The molecule has 0 bridgehead atoms. The molecule has 9 heteroatoms. The molecule has 0 spiro atoms. The minimum Gasteiger partial charge on any atom is -0.308 e. The predicted molar refractivity (Wildman–Crippen MR) is 82.1 cm³/mol. The molecule has 0 aromatic heterocycles. The Kier molecular flexibility index (Phi) is 4.61. The number of hydrogen-bond acceptors (Lipinski definition) is 4. The van der Waals surface area contributed by atoms with E-state index in [1.807, 2.05) is 0 Å². The van der Waals surface area contributed by atoms with Gasteiger partial charge in [-0.05, 0) is 30.2 Å². The molecule has 1 aromatic rings. The molecule has 2 heterocycles. The lowest BCUT2D eigenvalue weighted by molar-refractivity contribution is -0.185. The monoisotopic (exact) mass is 384 g/mol. The van der Waals surface area contributed by atoms with Crippen molar-refractivity contribution in [1.82, 2.24) is 5.32 Å². The number of halogens is 5. The highest BCUT2D eigenvalue weighted by molar-refractivity contribution is 8.09. The summed E-state index contributed by atoms with van der Waals surface area (Å²) < 4.78 is 46.5. The maximum absolute atomic E-state index is 13.9. The first-order valence-electron chi connectivity index (χ1n) is 6.69. The van der Waals surface area contributed by atoms with E-state index >= 15 is 0 Å². The van der Waals surface area contributed by atoms with Gasteiger partial charge in [-0.3, -0.25) is 4.79 Å². The quantitative estimate of drug-likeness (QED) is 0.777. The minimum absolute atomic E-state index is 0.0102. The molecule has 23 heavy (non-hydrogen) atoms. The lowest BCUT2D eigenvalue weighted by Crippen LogP contribution is -2.44. The summed E-state index contributed by atoms with van der Waals surface area (Å²) in [5.74, 6) is -0.668. The average molecular weight is 385 g/mol. The van der Waals surface area contributed by atoms with Crippen LogP contribution in [0.1, 0.15) is 12.0 Å². The van der Waals surface area contributed by atoms with Crippen molar-refractivity contribution in [3.63, 3.8) is 0 Å². The van der Waals surface area contributed by atoms with Crippen LogP contribution in [-0.2, 0) is 14.4 Å². The number of carbonyl (C=O) groups is 1. The number of carbonyl (C=O) groups excluding carboxylic acids is 1. The molecule has 2 unspecified atom stereocenters. The Morgan fingerprint density at radius 1 is 1.26 bits per heavy atom. The molecule has 0 aliphatic carbocycles. The van der Waals surface area contributed by atoms with Crippen LogP contribution in [0.2, 0.25) is 10.0 Å². The number of benzene rings is 1. The molecule has 2 saturated heterocycles. The maximum atomic E-state index is 13.9. The van der Waals surface area contributed by atoms with Crippen molar-refractivity contribution >= 4 is 40.4 Å². The molecule has 1 N–H and O–H groups in total. The minimum atomic E-state index is -4.52. The Morgan fingerprint density at radius 2 is 1.91 bits per heavy atom. The number of rotatable bonds is 2. The van der Waals surface area contributed by atoms with E-state index in [1.165, 1.54) is 18.2 Å². The third-order valence-electron chi connectivity index (χ3n) is 4.15. The van der Waals surface area contributed by atoms with Gasteiger partial charge in [-0.2, -0.15) is 13.2 Å². The molecule has 0 amide bonds. The van der Waals surface area contributed by atoms with Gasteiger partial charge < -0.3 is 9.50 Å². The van der Waals surface area contributed by atoms with Crippen LogP contribution in [-0.4, -0.2) is 24.4 Å². The fourth-order valence-corrected chi connectivity index (χ4v) is 4.06. The molecule has 1 radical (unpaired) electrons. The van der Waals surface area contributed by atoms with Crippen LogP contribution in [0.15, 0.2) is 18.2 Å². The van der Waals surface area contributed by atoms with Crippen molar-refractivity contribution in [2.75, 3.05) is 13.2 Å².